The Morgan fingerprint density at radius 2 is 1.59 bits per heavy atom. The molecule has 0 saturated carbocycles. The largest absolute Gasteiger partial charge is 0.510 e. The van der Waals surface area contributed by atoms with Gasteiger partial charge in [0.25, 0.3) is 5.56 Å². The predicted molar refractivity (Wildman–Crippen MR) is 147 cm³/mol. The second kappa shape index (κ2) is 8.59. The first-order valence-corrected chi connectivity index (χ1v) is 12.5. The van der Waals surface area contributed by atoms with E-state index in [2.05, 4.69) is 4.98 Å². The fourth-order valence-electron chi connectivity index (χ4n) is 6.17. The molecule has 41 heavy (non-hydrogen) atoms. The third kappa shape index (κ3) is 3.08. The van der Waals surface area contributed by atoms with E-state index in [4.69, 9.17) is 4.74 Å². The quantitative estimate of drug-likeness (QED) is 0.258. The molecule has 2 aromatic rings. The van der Waals surface area contributed by atoms with Gasteiger partial charge in [0.15, 0.2) is 11.2 Å². The number of halogens is 1. The van der Waals surface area contributed by atoms with Gasteiger partial charge in [-0.05, 0) is 37.5 Å². The summed E-state index contributed by atoms with van der Waals surface area (Å²) in [5.74, 6) is -3.94. The summed E-state index contributed by atoms with van der Waals surface area (Å²) in [5.41, 5.74) is -7.79. The highest BCUT2D eigenvalue weighted by Crippen LogP contribution is 2.54. The molecule has 0 aliphatic heterocycles. The Morgan fingerprint density at radius 3 is 2.22 bits per heavy atom. The minimum atomic E-state index is -2.18. The lowest BCUT2D eigenvalue weighted by molar-refractivity contribution is 0.362. The second-order valence-corrected chi connectivity index (χ2v) is 9.91. The summed E-state index contributed by atoms with van der Waals surface area (Å²) < 4.78 is 20.9. The topological polar surface area (TPSA) is 171 Å². The molecule has 206 valence electrons. The molecular weight excluding hydrogens is 537 g/mol. The van der Waals surface area contributed by atoms with Gasteiger partial charge in [0, 0.05) is 22.7 Å². The number of allylic oxidation sites excluding steroid dienone is 3. The van der Waals surface area contributed by atoms with E-state index < -0.39 is 87.8 Å². The van der Waals surface area contributed by atoms with Gasteiger partial charge < -0.3 is 25.0 Å². The van der Waals surface area contributed by atoms with Crippen molar-refractivity contribution in [1.82, 2.24) is 4.98 Å². The number of phenols is 1. The zero-order chi connectivity index (χ0) is 29.5. The van der Waals surface area contributed by atoms with Crippen molar-refractivity contribution < 1.29 is 24.4 Å². The van der Waals surface area contributed by atoms with Crippen LogP contribution in [0.3, 0.4) is 0 Å². The van der Waals surface area contributed by atoms with E-state index in [1.807, 2.05) is 0 Å². The van der Waals surface area contributed by atoms with Crippen molar-refractivity contribution in [1.29, 1.82) is 0 Å². The molecule has 1 aromatic carbocycles. The SMILES string of the molecule is C/C=C/C=C/c1cc2c(F)c3c(c(O)c2c(=O)[nH]1)[C@@]1(CC3)C(O)=c2c(=O)c3c(=O)cc(OC)c(=O)c=3c(=O)c2=C1O. The Bertz CT molecular complexity index is 2410. The lowest BCUT2D eigenvalue weighted by Gasteiger charge is -2.27. The van der Waals surface area contributed by atoms with E-state index in [-0.39, 0.29) is 35.0 Å². The number of pyridine rings is 1. The van der Waals surface area contributed by atoms with Gasteiger partial charge in [0.05, 0.1) is 33.4 Å². The van der Waals surface area contributed by atoms with E-state index in [1.54, 1.807) is 25.2 Å². The zero-order valence-electron chi connectivity index (χ0n) is 21.5. The van der Waals surface area contributed by atoms with E-state index in [0.29, 0.717) is 0 Å². The Labute approximate surface area is 226 Å². The van der Waals surface area contributed by atoms with Crippen molar-refractivity contribution in [3.63, 3.8) is 0 Å². The minimum absolute atomic E-state index is 0.143. The molecule has 0 bridgehead atoms. The van der Waals surface area contributed by atoms with Crippen LogP contribution in [0.25, 0.3) is 28.4 Å². The fraction of sp³-hybridized carbons (Fsp3) is 0.167. The number of aliphatic hydroxyl groups excluding tert-OH is 2. The van der Waals surface area contributed by atoms with E-state index in [1.165, 1.54) is 12.1 Å². The fourth-order valence-corrected chi connectivity index (χ4v) is 6.17. The second-order valence-electron chi connectivity index (χ2n) is 9.91. The normalized spacial score (nSPS) is 18.0. The average Bonchev–Trinajstić information content (AvgIpc) is 3.45. The molecule has 6 rings (SSSR count). The van der Waals surface area contributed by atoms with Crippen LogP contribution in [0.5, 0.6) is 11.5 Å². The van der Waals surface area contributed by atoms with Crippen LogP contribution < -0.4 is 42.4 Å². The van der Waals surface area contributed by atoms with Crippen molar-refractivity contribution in [2.75, 3.05) is 7.11 Å². The van der Waals surface area contributed by atoms with Crippen LogP contribution in [0.1, 0.15) is 30.2 Å². The van der Waals surface area contributed by atoms with Crippen LogP contribution in [-0.4, -0.2) is 27.4 Å². The maximum Gasteiger partial charge on any atom is 0.260 e. The highest BCUT2D eigenvalue weighted by molar-refractivity contribution is 5.95. The number of aliphatic hydroxyl groups is 2. The lowest BCUT2D eigenvalue weighted by Crippen LogP contribution is -2.51. The first-order valence-electron chi connectivity index (χ1n) is 12.5. The van der Waals surface area contributed by atoms with Gasteiger partial charge in [-0.2, -0.15) is 0 Å². The van der Waals surface area contributed by atoms with Gasteiger partial charge in [0.2, 0.25) is 16.3 Å². The monoisotopic (exact) mass is 557 g/mol. The molecule has 0 unspecified atom stereocenters. The summed E-state index contributed by atoms with van der Waals surface area (Å²) in [6.45, 7) is 1.79. The summed E-state index contributed by atoms with van der Waals surface area (Å²) in [6.07, 6.45) is 6.12. The van der Waals surface area contributed by atoms with Gasteiger partial charge in [-0.3, -0.25) is 24.0 Å². The summed E-state index contributed by atoms with van der Waals surface area (Å²) in [6, 6.07) is 2.07. The molecule has 1 aromatic heterocycles. The van der Waals surface area contributed by atoms with Crippen molar-refractivity contribution in [3.8, 4) is 11.5 Å². The average molecular weight is 557 g/mol. The Morgan fingerprint density at radius 1 is 0.927 bits per heavy atom. The summed E-state index contributed by atoms with van der Waals surface area (Å²) in [5, 5.41) is 30.5. The van der Waals surface area contributed by atoms with E-state index >= 15 is 4.39 Å². The molecular formula is C30H20FNO9. The number of ether oxygens (including phenoxy) is 1. The first-order chi connectivity index (χ1) is 19.5. The van der Waals surface area contributed by atoms with Crippen molar-refractivity contribution in [3.05, 3.63) is 125 Å². The summed E-state index contributed by atoms with van der Waals surface area (Å²) in [7, 11) is 1.09. The molecule has 10 nitrogen and oxygen atoms in total. The van der Waals surface area contributed by atoms with Crippen LogP contribution in [0.15, 0.2) is 54.3 Å². The Kier molecular flexibility index (Phi) is 5.43. The predicted octanol–water partition coefficient (Wildman–Crippen LogP) is 0.242. The molecule has 11 heteroatoms. The van der Waals surface area contributed by atoms with Gasteiger partial charge in [-0.25, -0.2) is 4.39 Å². The molecule has 0 radical (unpaired) electrons. The minimum Gasteiger partial charge on any atom is -0.510 e. The standard InChI is InChI=1S/C30H20FNO9/c1-3-4-5-6-11-9-13-16(29(40)32-11)26(37)21-12(22(13)31)7-8-30(21)27(38)19-20(28(30)39)25(36)18-17(24(19)35)14(33)10-15(41-2)23(18)34/h3-6,9-10,37-39H,7-8H2,1-2H3,(H,32,40)/b4-3+,6-5+/t30-/m0/s1. The number of methoxy groups -OCH3 is 1. The van der Waals surface area contributed by atoms with Crippen LogP contribution in [0, 0.1) is 16.3 Å². The van der Waals surface area contributed by atoms with Gasteiger partial charge >= 0.3 is 0 Å². The van der Waals surface area contributed by atoms with E-state index in [9.17, 15) is 39.3 Å². The molecule has 1 atom stereocenters. The van der Waals surface area contributed by atoms with Crippen molar-refractivity contribution >= 4 is 28.4 Å². The number of phenolic OH excluding ortho intramolecular Hbond substituents is 1. The smallest absolute Gasteiger partial charge is 0.260 e. The Hall–Kier alpha value is -5.32. The van der Waals surface area contributed by atoms with Gasteiger partial charge in [0.1, 0.15) is 28.5 Å². The van der Waals surface area contributed by atoms with Crippen LogP contribution in [0.4, 0.5) is 4.39 Å². The molecule has 0 fully saturated rings. The maximum absolute atomic E-state index is 16.0. The molecule has 0 saturated heterocycles. The number of nitrogens with one attached hydrogen (secondary N) is 1. The maximum atomic E-state index is 16.0. The number of aromatic hydroxyl groups is 1. The van der Waals surface area contributed by atoms with E-state index in [0.717, 1.165) is 13.2 Å². The summed E-state index contributed by atoms with van der Waals surface area (Å²) in [4.78, 5) is 68.2. The number of rotatable bonds is 3. The molecule has 0 amide bonds. The first kappa shape index (κ1) is 25.9. The highest BCUT2D eigenvalue weighted by atomic mass is 19.1. The van der Waals surface area contributed by atoms with Crippen molar-refractivity contribution in [2.24, 2.45) is 0 Å². The zero-order valence-corrected chi connectivity index (χ0v) is 21.5. The molecule has 4 N–H and O–H groups in total. The number of benzene rings is 1. The number of aromatic nitrogens is 1. The number of aromatic amines is 1. The molecule has 4 aliphatic carbocycles. The highest BCUT2D eigenvalue weighted by Gasteiger charge is 2.54. The molecule has 1 spiro atoms. The third-order valence-corrected chi connectivity index (χ3v) is 7.96. The molecule has 4 aliphatic rings. The lowest BCUT2D eigenvalue weighted by atomic mass is 9.78. The van der Waals surface area contributed by atoms with Crippen molar-refractivity contribution in [2.45, 2.75) is 25.2 Å². The third-order valence-electron chi connectivity index (χ3n) is 7.96. The van der Waals surface area contributed by atoms with Crippen LogP contribution >= 0.6 is 0 Å². The van der Waals surface area contributed by atoms with Crippen LogP contribution in [-0.2, 0) is 11.8 Å². The number of fused-ring (bicyclic) bond motifs is 4. The van der Waals surface area contributed by atoms with Gasteiger partial charge in [-0.1, -0.05) is 18.2 Å². The molecule has 1 heterocycles. The number of H-pyrrole nitrogens is 1. The van der Waals surface area contributed by atoms with Crippen LogP contribution in [0.2, 0.25) is 0 Å². The summed E-state index contributed by atoms with van der Waals surface area (Å²) >= 11 is 0. The number of hydrogen-bond donors (Lipinski definition) is 4. The van der Waals surface area contributed by atoms with Gasteiger partial charge in [-0.15, -0.1) is 0 Å². The number of hydrogen-bond acceptors (Lipinski definition) is 9. The Balaban J connectivity index is 1.78.